The Labute approximate surface area is 130 Å². The zero-order valence-corrected chi connectivity index (χ0v) is 12.6. The van der Waals surface area contributed by atoms with E-state index in [1.165, 1.54) is 12.1 Å². The maximum absolute atomic E-state index is 14.0. The molecule has 21 heavy (non-hydrogen) atoms. The molecule has 0 aromatic heterocycles. The topological polar surface area (TPSA) is 82.1 Å². The molecule has 0 aliphatic carbocycles. The van der Waals surface area contributed by atoms with Crippen molar-refractivity contribution >= 4 is 27.3 Å². The van der Waals surface area contributed by atoms with Crippen LogP contribution in [0, 0.1) is 17.1 Å². The highest BCUT2D eigenvalue weighted by Gasteiger charge is 2.13. The molecule has 0 aliphatic rings. The lowest BCUT2D eigenvalue weighted by Crippen LogP contribution is -2.13. The quantitative estimate of drug-likeness (QED) is 0.740. The number of nitrogen functional groups attached to an aromatic ring is 1. The zero-order chi connectivity index (χ0) is 15.4. The van der Waals surface area contributed by atoms with Gasteiger partial charge in [0, 0.05) is 12.2 Å². The lowest BCUT2D eigenvalue weighted by atomic mass is 10.1. The number of hydrogen-bond acceptors (Lipinski definition) is 4. The van der Waals surface area contributed by atoms with Gasteiger partial charge in [-0.25, -0.2) is 4.39 Å². The van der Waals surface area contributed by atoms with Gasteiger partial charge in [0.2, 0.25) is 0 Å². The van der Waals surface area contributed by atoms with E-state index in [-0.39, 0.29) is 22.3 Å². The van der Waals surface area contributed by atoms with Gasteiger partial charge in [-0.3, -0.25) is 0 Å². The minimum absolute atomic E-state index is 0.108. The van der Waals surface area contributed by atoms with E-state index in [1.807, 2.05) is 6.07 Å². The van der Waals surface area contributed by atoms with Crippen LogP contribution in [0.4, 0.5) is 15.8 Å². The normalized spacial score (nSPS) is 11.7. The number of aliphatic hydroxyl groups is 1. The Morgan fingerprint density at radius 2 is 1.95 bits per heavy atom. The van der Waals surface area contributed by atoms with E-state index in [9.17, 15) is 9.50 Å². The van der Waals surface area contributed by atoms with Crippen LogP contribution in [0.5, 0.6) is 0 Å². The van der Waals surface area contributed by atoms with Crippen LogP contribution < -0.4 is 11.1 Å². The summed E-state index contributed by atoms with van der Waals surface area (Å²) >= 11 is 3.04. The third kappa shape index (κ3) is 3.51. The van der Waals surface area contributed by atoms with Crippen LogP contribution in [0.2, 0.25) is 0 Å². The van der Waals surface area contributed by atoms with Crippen molar-refractivity contribution in [2.75, 3.05) is 17.6 Å². The molecule has 0 aliphatic heterocycles. The summed E-state index contributed by atoms with van der Waals surface area (Å²) in [5.41, 5.74) is 7.31. The molecular weight excluding hydrogens is 337 g/mol. The summed E-state index contributed by atoms with van der Waals surface area (Å²) in [6.07, 6.45) is -0.792. The molecule has 2 aromatic carbocycles. The number of hydrogen-bond donors (Lipinski definition) is 3. The van der Waals surface area contributed by atoms with Gasteiger partial charge in [0.25, 0.3) is 0 Å². The summed E-state index contributed by atoms with van der Waals surface area (Å²) in [6, 6.07) is 11.7. The number of halogens is 2. The molecule has 108 valence electrons. The zero-order valence-electron chi connectivity index (χ0n) is 11.0. The van der Waals surface area contributed by atoms with Crippen LogP contribution >= 0.6 is 15.9 Å². The Balaban J connectivity index is 2.08. The molecule has 1 atom stereocenters. The van der Waals surface area contributed by atoms with Crippen LogP contribution in [-0.2, 0) is 0 Å². The fraction of sp³-hybridized carbons (Fsp3) is 0.133. The van der Waals surface area contributed by atoms with Crippen molar-refractivity contribution in [1.82, 2.24) is 0 Å². The minimum atomic E-state index is -0.792. The smallest absolute Gasteiger partial charge is 0.161 e. The molecule has 6 heteroatoms. The van der Waals surface area contributed by atoms with E-state index in [0.29, 0.717) is 11.3 Å². The summed E-state index contributed by atoms with van der Waals surface area (Å²) in [7, 11) is 0. The Bertz CT molecular complexity index is 683. The average Bonchev–Trinajstić information content (AvgIpc) is 2.49. The van der Waals surface area contributed by atoms with Gasteiger partial charge in [0.1, 0.15) is 6.07 Å². The highest BCUT2D eigenvalue weighted by molar-refractivity contribution is 9.10. The Morgan fingerprint density at radius 3 is 2.57 bits per heavy atom. The Hall–Kier alpha value is -2.10. The molecule has 0 bridgehead atoms. The first-order chi connectivity index (χ1) is 10.0. The van der Waals surface area contributed by atoms with Gasteiger partial charge >= 0.3 is 0 Å². The van der Waals surface area contributed by atoms with Crippen LogP contribution in [0.1, 0.15) is 17.2 Å². The molecule has 4 nitrogen and oxygen atoms in total. The van der Waals surface area contributed by atoms with Crippen molar-refractivity contribution in [1.29, 1.82) is 5.26 Å². The Kier molecular flexibility index (Phi) is 4.78. The monoisotopic (exact) mass is 349 g/mol. The number of anilines is 2. The molecule has 0 spiro atoms. The maximum Gasteiger partial charge on any atom is 0.161 e. The van der Waals surface area contributed by atoms with Gasteiger partial charge < -0.3 is 16.2 Å². The largest absolute Gasteiger partial charge is 0.399 e. The van der Waals surface area contributed by atoms with E-state index >= 15 is 0 Å². The van der Waals surface area contributed by atoms with Crippen molar-refractivity contribution in [2.45, 2.75) is 6.10 Å². The van der Waals surface area contributed by atoms with Crippen molar-refractivity contribution in [3.8, 4) is 6.07 Å². The van der Waals surface area contributed by atoms with E-state index < -0.39 is 11.9 Å². The highest BCUT2D eigenvalue weighted by Crippen LogP contribution is 2.27. The number of nitrogens with one attached hydrogen (secondary N) is 1. The number of nitrogens with two attached hydrogens (primary N) is 1. The second-order valence-corrected chi connectivity index (χ2v) is 5.26. The summed E-state index contributed by atoms with van der Waals surface area (Å²) in [6.45, 7) is 0.138. The molecule has 1 unspecified atom stereocenters. The van der Waals surface area contributed by atoms with Crippen LogP contribution in [-0.4, -0.2) is 11.7 Å². The molecule has 0 saturated carbocycles. The fourth-order valence-corrected chi connectivity index (χ4v) is 2.25. The van der Waals surface area contributed by atoms with Gasteiger partial charge in [-0.2, -0.15) is 5.26 Å². The van der Waals surface area contributed by atoms with Gasteiger partial charge in [-0.05, 0) is 45.8 Å². The molecule has 2 rings (SSSR count). The van der Waals surface area contributed by atoms with Crippen molar-refractivity contribution in [3.63, 3.8) is 0 Å². The second-order valence-electron chi connectivity index (χ2n) is 4.46. The number of benzene rings is 2. The third-order valence-corrected chi connectivity index (χ3v) is 3.79. The third-order valence-electron chi connectivity index (χ3n) is 3.01. The fourth-order valence-electron chi connectivity index (χ4n) is 1.81. The highest BCUT2D eigenvalue weighted by atomic mass is 79.9. The molecule has 0 fully saturated rings. The standard InChI is InChI=1S/C15H13BrFN3O/c16-14-10(7-18)3-6-12(15(14)17)20-8-13(21)9-1-4-11(19)5-2-9/h1-6,13,20-21H,8,19H2. The molecule has 0 saturated heterocycles. The number of nitrogens with zero attached hydrogens (tertiary/aromatic N) is 1. The number of nitriles is 1. The van der Waals surface area contributed by atoms with Crippen molar-refractivity contribution in [3.05, 3.63) is 57.8 Å². The van der Waals surface area contributed by atoms with Gasteiger partial charge in [0.15, 0.2) is 5.82 Å². The predicted molar refractivity (Wildman–Crippen MR) is 83.1 cm³/mol. The van der Waals surface area contributed by atoms with Crippen molar-refractivity contribution < 1.29 is 9.50 Å². The maximum atomic E-state index is 14.0. The summed E-state index contributed by atoms with van der Waals surface area (Å²) < 4.78 is 14.1. The van der Waals surface area contributed by atoms with Crippen molar-refractivity contribution in [2.24, 2.45) is 0 Å². The average molecular weight is 350 g/mol. The second kappa shape index (κ2) is 6.57. The SMILES string of the molecule is N#Cc1ccc(NCC(O)c2ccc(N)cc2)c(F)c1Br. The van der Waals surface area contributed by atoms with E-state index in [4.69, 9.17) is 11.0 Å². The number of rotatable bonds is 4. The molecule has 0 amide bonds. The molecule has 4 N–H and O–H groups in total. The van der Waals surface area contributed by atoms with Crippen LogP contribution in [0.3, 0.4) is 0 Å². The molecular formula is C15H13BrFN3O. The van der Waals surface area contributed by atoms with E-state index in [0.717, 1.165) is 0 Å². The summed E-state index contributed by atoms with van der Waals surface area (Å²) in [4.78, 5) is 0. The molecule has 0 heterocycles. The van der Waals surface area contributed by atoms with Gasteiger partial charge in [-0.1, -0.05) is 12.1 Å². The first-order valence-corrected chi connectivity index (χ1v) is 6.97. The predicted octanol–water partition coefficient (Wildman–Crippen LogP) is 3.19. The van der Waals surface area contributed by atoms with E-state index in [2.05, 4.69) is 21.2 Å². The summed E-state index contributed by atoms with van der Waals surface area (Å²) in [5.74, 6) is -0.557. The Morgan fingerprint density at radius 1 is 1.29 bits per heavy atom. The first kappa shape index (κ1) is 15.3. The number of aliphatic hydroxyl groups excluding tert-OH is 1. The molecule has 0 radical (unpaired) electrons. The molecule has 2 aromatic rings. The summed E-state index contributed by atoms with van der Waals surface area (Å²) in [5, 5.41) is 21.7. The lowest BCUT2D eigenvalue weighted by Gasteiger charge is -2.14. The van der Waals surface area contributed by atoms with E-state index in [1.54, 1.807) is 24.3 Å². The minimum Gasteiger partial charge on any atom is -0.399 e. The van der Waals surface area contributed by atoms with Gasteiger partial charge in [0.05, 0.1) is 21.8 Å². The van der Waals surface area contributed by atoms with Gasteiger partial charge in [-0.15, -0.1) is 0 Å². The lowest BCUT2D eigenvalue weighted by molar-refractivity contribution is 0.191. The van der Waals surface area contributed by atoms with Crippen LogP contribution in [0.25, 0.3) is 0 Å². The van der Waals surface area contributed by atoms with Crippen LogP contribution in [0.15, 0.2) is 40.9 Å². The first-order valence-electron chi connectivity index (χ1n) is 6.18.